The predicted octanol–water partition coefficient (Wildman–Crippen LogP) is 4.24. The molecule has 0 unspecified atom stereocenters. The Bertz CT molecular complexity index is 606. The van der Waals surface area contributed by atoms with Crippen molar-refractivity contribution in [2.75, 3.05) is 26.8 Å². The van der Waals surface area contributed by atoms with E-state index in [1.165, 1.54) is 31.2 Å². The number of carbonyl (C=O) groups excluding carboxylic acids is 1. The Hall–Kier alpha value is -1.55. The number of hydrogen-bond acceptors (Lipinski definition) is 4. The molecule has 144 valence electrons. The topological polar surface area (TPSA) is 38.8 Å². The second-order valence-electron chi connectivity index (χ2n) is 8.31. The Balaban J connectivity index is 1.84. The standard InChI is InChI=1S/C22H33NO3/c1-5-26-21(24)22(3)15-23(18-10-6-16(2)7-11-18)14-20(22)17-8-12-19(25-4)13-9-17/h8-9,12-13,16,18,20H,5-7,10-11,14-15H2,1-4H3/t16?,18?,20-,22+/m0/s1. The van der Waals surface area contributed by atoms with Gasteiger partial charge >= 0.3 is 5.97 Å². The molecule has 26 heavy (non-hydrogen) atoms. The molecule has 0 N–H and O–H groups in total. The van der Waals surface area contributed by atoms with E-state index in [-0.39, 0.29) is 11.9 Å². The van der Waals surface area contributed by atoms with Crippen LogP contribution >= 0.6 is 0 Å². The first-order chi connectivity index (χ1) is 12.5. The van der Waals surface area contributed by atoms with Crippen LogP contribution in [0.2, 0.25) is 0 Å². The Morgan fingerprint density at radius 1 is 1.19 bits per heavy atom. The van der Waals surface area contributed by atoms with Gasteiger partial charge in [-0.1, -0.05) is 19.1 Å². The van der Waals surface area contributed by atoms with Gasteiger partial charge in [-0.3, -0.25) is 9.69 Å². The van der Waals surface area contributed by atoms with Gasteiger partial charge in [0, 0.05) is 25.0 Å². The largest absolute Gasteiger partial charge is 0.497 e. The van der Waals surface area contributed by atoms with Crippen molar-refractivity contribution in [3.8, 4) is 5.75 Å². The van der Waals surface area contributed by atoms with E-state index in [2.05, 4.69) is 30.9 Å². The van der Waals surface area contributed by atoms with E-state index < -0.39 is 5.41 Å². The minimum Gasteiger partial charge on any atom is -0.497 e. The van der Waals surface area contributed by atoms with Crippen LogP contribution in [0.15, 0.2) is 24.3 Å². The molecule has 1 saturated carbocycles. The van der Waals surface area contributed by atoms with Crippen molar-refractivity contribution in [2.45, 2.75) is 58.4 Å². The van der Waals surface area contributed by atoms with Gasteiger partial charge in [0.15, 0.2) is 0 Å². The summed E-state index contributed by atoms with van der Waals surface area (Å²) in [6.07, 6.45) is 5.08. The third-order valence-corrected chi connectivity index (χ3v) is 6.48. The molecular weight excluding hydrogens is 326 g/mol. The highest BCUT2D eigenvalue weighted by atomic mass is 16.5. The van der Waals surface area contributed by atoms with Crippen molar-refractivity contribution in [3.05, 3.63) is 29.8 Å². The number of likely N-dealkylation sites (tertiary alicyclic amines) is 1. The Morgan fingerprint density at radius 3 is 2.42 bits per heavy atom. The first-order valence-corrected chi connectivity index (χ1v) is 10.0. The van der Waals surface area contributed by atoms with E-state index in [4.69, 9.17) is 9.47 Å². The van der Waals surface area contributed by atoms with Gasteiger partial charge < -0.3 is 9.47 Å². The van der Waals surface area contributed by atoms with E-state index in [9.17, 15) is 4.79 Å². The molecule has 1 aromatic rings. The fraction of sp³-hybridized carbons (Fsp3) is 0.682. The van der Waals surface area contributed by atoms with E-state index in [0.717, 1.165) is 24.8 Å². The molecule has 0 radical (unpaired) electrons. The number of esters is 1. The summed E-state index contributed by atoms with van der Waals surface area (Å²) in [5.41, 5.74) is 0.709. The highest BCUT2D eigenvalue weighted by Crippen LogP contribution is 2.46. The number of ether oxygens (including phenoxy) is 2. The second kappa shape index (κ2) is 7.99. The molecule has 4 nitrogen and oxygen atoms in total. The van der Waals surface area contributed by atoms with Crippen LogP contribution in [-0.2, 0) is 9.53 Å². The van der Waals surface area contributed by atoms with E-state index >= 15 is 0 Å². The molecular formula is C22H33NO3. The third kappa shape index (κ3) is 3.75. The van der Waals surface area contributed by atoms with Crippen LogP contribution in [0, 0.1) is 11.3 Å². The number of hydrogen-bond donors (Lipinski definition) is 0. The molecule has 1 heterocycles. The molecule has 0 amide bonds. The van der Waals surface area contributed by atoms with E-state index in [1.54, 1.807) is 7.11 Å². The maximum atomic E-state index is 12.9. The minimum absolute atomic E-state index is 0.0625. The molecule has 2 aliphatic rings. The minimum atomic E-state index is -0.492. The smallest absolute Gasteiger partial charge is 0.313 e. The van der Waals surface area contributed by atoms with Crippen LogP contribution < -0.4 is 4.74 Å². The molecule has 1 saturated heterocycles. The molecule has 1 aliphatic carbocycles. The van der Waals surface area contributed by atoms with Crippen molar-refractivity contribution in [1.82, 2.24) is 4.90 Å². The first kappa shape index (κ1) is 19.2. The van der Waals surface area contributed by atoms with Gasteiger partial charge in [-0.25, -0.2) is 0 Å². The van der Waals surface area contributed by atoms with Crippen LogP contribution in [0.5, 0.6) is 5.75 Å². The lowest BCUT2D eigenvalue weighted by atomic mass is 9.76. The Labute approximate surface area is 157 Å². The summed E-state index contributed by atoms with van der Waals surface area (Å²) in [5.74, 6) is 1.78. The van der Waals surface area contributed by atoms with Gasteiger partial charge in [-0.2, -0.15) is 0 Å². The molecule has 3 rings (SSSR count). The Kier molecular flexibility index (Phi) is 5.91. The lowest BCUT2D eigenvalue weighted by molar-refractivity contribution is -0.154. The fourth-order valence-electron chi connectivity index (χ4n) is 4.73. The summed E-state index contributed by atoms with van der Waals surface area (Å²) in [4.78, 5) is 15.4. The maximum absolute atomic E-state index is 12.9. The average molecular weight is 360 g/mol. The molecule has 0 aromatic heterocycles. The second-order valence-corrected chi connectivity index (χ2v) is 8.31. The van der Waals surface area contributed by atoms with Gasteiger partial charge in [0.1, 0.15) is 5.75 Å². The van der Waals surface area contributed by atoms with Gasteiger partial charge in [0.2, 0.25) is 0 Å². The van der Waals surface area contributed by atoms with Gasteiger partial charge in [0.05, 0.1) is 19.1 Å². The van der Waals surface area contributed by atoms with Gasteiger partial charge in [-0.05, 0) is 63.1 Å². The zero-order valence-corrected chi connectivity index (χ0v) is 16.7. The molecule has 2 fully saturated rings. The number of methoxy groups -OCH3 is 1. The summed E-state index contributed by atoms with van der Waals surface area (Å²) in [6, 6.07) is 8.79. The summed E-state index contributed by atoms with van der Waals surface area (Å²) < 4.78 is 10.8. The summed E-state index contributed by atoms with van der Waals surface area (Å²) >= 11 is 0. The normalized spacial score (nSPS) is 32.4. The quantitative estimate of drug-likeness (QED) is 0.737. The predicted molar refractivity (Wildman–Crippen MR) is 103 cm³/mol. The average Bonchev–Trinajstić information content (AvgIpc) is 3.01. The Morgan fingerprint density at radius 2 is 1.85 bits per heavy atom. The maximum Gasteiger partial charge on any atom is 0.313 e. The van der Waals surface area contributed by atoms with E-state index in [1.807, 2.05) is 19.1 Å². The van der Waals surface area contributed by atoms with Crippen molar-refractivity contribution < 1.29 is 14.3 Å². The number of carbonyl (C=O) groups is 1. The van der Waals surface area contributed by atoms with Crippen molar-refractivity contribution >= 4 is 5.97 Å². The molecule has 1 aliphatic heterocycles. The van der Waals surface area contributed by atoms with Gasteiger partial charge in [-0.15, -0.1) is 0 Å². The summed E-state index contributed by atoms with van der Waals surface area (Å²) in [5, 5.41) is 0. The van der Waals surface area contributed by atoms with Crippen LogP contribution in [0.4, 0.5) is 0 Å². The van der Waals surface area contributed by atoms with Crippen LogP contribution in [0.3, 0.4) is 0 Å². The molecule has 0 spiro atoms. The molecule has 2 atom stereocenters. The molecule has 4 heteroatoms. The monoisotopic (exact) mass is 359 g/mol. The lowest BCUT2D eigenvalue weighted by Gasteiger charge is -2.34. The first-order valence-electron chi connectivity index (χ1n) is 10.0. The molecule has 0 bridgehead atoms. The van der Waals surface area contributed by atoms with Crippen LogP contribution in [0.25, 0.3) is 0 Å². The number of benzene rings is 1. The van der Waals surface area contributed by atoms with E-state index in [0.29, 0.717) is 12.6 Å². The zero-order chi connectivity index (χ0) is 18.7. The molecule has 1 aromatic carbocycles. The number of nitrogens with zero attached hydrogens (tertiary/aromatic N) is 1. The van der Waals surface area contributed by atoms with Crippen LogP contribution in [0.1, 0.15) is 57.9 Å². The number of rotatable bonds is 5. The summed E-state index contributed by atoms with van der Waals surface area (Å²) in [6.45, 7) is 8.49. The van der Waals surface area contributed by atoms with Crippen molar-refractivity contribution in [2.24, 2.45) is 11.3 Å². The summed E-state index contributed by atoms with van der Waals surface area (Å²) in [7, 11) is 1.68. The lowest BCUT2D eigenvalue weighted by Crippen LogP contribution is -2.40. The third-order valence-electron chi connectivity index (χ3n) is 6.48. The SMILES string of the molecule is CCOC(=O)[C@]1(C)CN(C2CCC(C)CC2)C[C@H]1c1ccc(OC)cc1. The highest BCUT2D eigenvalue weighted by Gasteiger charge is 2.51. The zero-order valence-electron chi connectivity index (χ0n) is 16.7. The van der Waals surface area contributed by atoms with Gasteiger partial charge in [0.25, 0.3) is 0 Å². The van der Waals surface area contributed by atoms with Crippen molar-refractivity contribution in [3.63, 3.8) is 0 Å². The highest BCUT2D eigenvalue weighted by molar-refractivity contribution is 5.79. The van der Waals surface area contributed by atoms with Crippen LogP contribution in [-0.4, -0.2) is 43.7 Å². The van der Waals surface area contributed by atoms with Crippen molar-refractivity contribution in [1.29, 1.82) is 0 Å². The fourth-order valence-corrected chi connectivity index (χ4v) is 4.73.